The number of hydrogen-bond donors (Lipinski definition) is 1. The summed E-state index contributed by atoms with van der Waals surface area (Å²) in [5.74, 6) is -2.76. The van der Waals surface area contributed by atoms with Crippen LogP contribution in [0.15, 0.2) is 0 Å². The first kappa shape index (κ1) is 6.53. The molecule has 0 aromatic rings. The molecule has 0 spiro atoms. The van der Waals surface area contributed by atoms with Crippen molar-refractivity contribution in [3.63, 3.8) is 0 Å². The van der Waals surface area contributed by atoms with E-state index in [2.05, 4.69) is 5.32 Å². The summed E-state index contributed by atoms with van der Waals surface area (Å²) in [4.78, 5) is 0. The van der Waals surface area contributed by atoms with E-state index in [1.54, 1.807) is 6.92 Å². The van der Waals surface area contributed by atoms with E-state index in [4.69, 9.17) is 0 Å². The van der Waals surface area contributed by atoms with Crippen molar-refractivity contribution in [1.29, 1.82) is 0 Å². The van der Waals surface area contributed by atoms with E-state index >= 15 is 0 Å². The molecular formula is C7H11F2N. The molecule has 0 aromatic heterocycles. The Morgan fingerprint density at radius 2 is 2.20 bits per heavy atom. The number of fused-ring (bicyclic) bond motifs is 1. The van der Waals surface area contributed by atoms with E-state index in [1.165, 1.54) is 0 Å². The van der Waals surface area contributed by atoms with Crippen LogP contribution in [0.4, 0.5) is 8.78 Å². The minimum atomic E-state index is -2.38. The molecule has 0 amide bonds. The molecule has 1 aliphatic heterocycles. The van der Waals surface area contributed by atoms with Gasteiger partial charge in [-0.25, -0.2) is 8.78 Å². The van der Waals surface area contributed by atoms with Crippen LogP contribution in [0.3, 0.4) is 0 Å². The normalized spacial score (nSPS) is 50.1. The number of rotatable bonds is 0. The molecule has 0 unspecified atom stereocenters. The summed E-state index contributed by atoms with van der Waals surface area (Å²) in [5, 5.41) is 2.98. The van der Waals surface area contributed by atoms with Gasteiger partial charge in [0, 0.05) is 17.9 Å². The number of nitrogens with one attached hydrogen (secondary N) is 1. The number of halogens is 2. The second kappa shape index (κ2) is 1.52. The van der Waals surface area contributed by atoms with E-state index < -0.39 is 11.3 Å². The van der Waals surface area contributed by atoms with Crippen molar-refractivity contribution < 1.29 is 8.78 Å². The van der Waals surface area contributed by atoms with Crippen LogP contribution in [-0.2, 0) is 0 Å². The molecule has 0 aromatic carbocycles. The van der Waals surface area contributed by atoms with E-state index in [-0.39, 0.29) is 5.92 Å². The van der Waals surface area contributed by atoms with Crippen molar-refractivity contribution in [3.8, 4) is 0 Å². The second-order valence-electron chi connectivity index (χ2n) is 3.55. The molecule has 1 nitrogen and oxygen atoms in total. The Bertz CT molecular complexity index is 169. The van der Waals surface area contributed by atoms with Gasteiger partial charge in [-0.3, -0.25) is 0 Å². The van der Waals surface area contributed by atoms with Gasteiger partial charge in [0.25, 0.3) is 5.92 Å². The van der Waals surface area contributed by atoms with Crippen LogP contribution in [0.5, 0.6) is 0 Å². The summed E-state index contributed by atoms with van der Waals surface area (Å²) >= 11 is 0. The molecule has 3 heteroatoms. The molecule has 58 valence electrons. The lowest BCUT2D eigenvalue weighted by Gasteiger charge is -2.15. The zero-order valence-corrected chi connectivity index (χ0v) is 5.95. The highest BCUT2D eigenvalue weighted by Crippen LogP contribution is 2.68. The molecule has 0 bridgehead atoms. The van der Waals surface area contributed by atoms with Gasteiger partial charge < -0.3 is 5.32 Å². The van der Waals surface area contributed by atoms with E-state index in [9.17, 15) is 8.78 Å². The Labute approximate surface area is 58.8 Å². The average Bonchev–Trinajstić information content (AvgIpc) is 2.30. The Balaban J connectivity index is 2.20. The first-order valence-corrected chi connectivity index (χ1v) is 3.67. The molecule has 2 aliphatic rings. The van der Waals surface area contributed by atoms with Gasteiger partial charge in [-0.05, 0) is 13.0 Å². The topological polar surface area (TPSA) is 12.0 Å². The summed E-state index contributed by atoms with van der Waals surface area (Å²) in [6.45, 7) is 2.95. The Hall–Kier alpha value is -0.180. The van der Waals surface area contributed by atoms with Crippen molar-refractivity contribution in [3.05, 3.63) is 0 Å². The summed E-state index contributed by atoms with van der Waals surface area (Å²) in [5.41, 5.74) is -0.655. The van der Waals surface area contributed by atoms with E-state index in [0.29, 0.717) is 13.0 Å². The molecule has 2 rings (SSSR count). The predicted molar refractivity (Wildman–Crippen MR) is 34.0 cm³/mol. The van der Waals surface area contributed by atoms with Gasteiger partial charge in [0.2, 0.25) is 0 Å². The molecule has 1 heterocycles. The van der Waals surface area contributed by atoms with Crippen molar-refractivity contribution in [2.45, 2.75) is 19.3 Å². The Morgan fingerprint density at radius 3 is 2.60 bits per heavy atom. The van der Waals surface area contributed by atoms with Gasteiger partial charge >= 0.3 is 0 Å². The first-order chi connectivity index (χ1) is 4.59. The van der Waals surface area contributed by atoms with Crippen molar-refractivity contribution in [2.75, 3.05) is 13.1 Å². The lowest BCUT2D eigenvalue weighted by Crippen LogP contribution is -2.27. The maximum atomic E-state index is 12.8. The minimum absolute atomic E-state index is 0.381. The van der Waals surface area contributed by atoms with Crippen LogP contribution in [0, 0.1) is 11.3 Å². The van der Waals surface area contributed by atoms with E-state index in [0.717, 1.165) is 6.54 Å². The smallest absolute Gasteiger partial charge is 0.258 e. The summed E-state index contributed by atoms with van der Waals surface area (Å²) in [6.07, 6.45) is 0.630. The quantitative estimate of drug-likeness (QED) is 0.543. The lowest BCUT2D eigenvalue weighted by molar-refractivity contribution is 0.0636. The van der Waals surface area contributed by atoms with Crippen molar-refractivity contribution in [1.82, 2.24) is 5.32 Å². The zero-order chi connectivity index (χ0) is 7.41. The lowest BCUT2D eigenvalue weighted by atomic mass is 9.99. The minimum Gasteiger partial charge on any atom is -0.316 e. The maximum absolute atomic E-state index is 12.8. The van der Waals surface area contributed by atoms with E-state index in [1.807, 2.05) is 0 Å². The molecule has 2 fully saturated rings. The van der Waals surface area contributed by atoms with Crippen LogP contribution in [0.1, 0.15) is 13.3 Å². The molecule has 1 aliphatic carbocycles. The third kappa shape index (κ3) is 0.506. The molecule has 0 radical (unpaired) electrons. The highest BCUT2D eigenvalue weighted by molar-refractivity contribution is 5.17. The Kier molecular flexibility index (Phi) is 0.994. The number of alkyl halides is 2. The van der Waals surface area contributed by atoms with Crippen LogP contribution < -0.4 is 5.32 Å². The van der Waals surface area contributed by atoms with Gasteiger partial charge in [-0.2, -0.15) is 0 Å². The highest BCUT2D eigenvalue weighted by Gasteiger charge is 2.77. The molecule has 1 saturated carbocycles. The standard InChI is InChI=1S/C7H11F2N/c1-6-2-3-10-4-5(6)7(6,8)9/h5,10H,2-4H2,1H3/t5-,6+/m0/s1. The van der Waals surface area contributed by atoms with Crippen LogP contribution in [-0.4, -0.2) is 19.0 Å². The molecule has 1 N–H and O–H groups in total. The Morgan fingerprint density at radius 1 is 1.50 bits per heavy atom. The van der Waals surface area contributed by atoms with Crippen LogP contribution >= 0.6 is 0 Å². The fourth-order valence-electron chi connectivity index (χ4n) is 1.96. The third-order valence-corrected chi connectivity index (χ3v) is 3.05. The molecule has 2 atom stereocenters. The number of piperidine rings is 1. The first-order valence-electron chi connectivity index (χ1n) is 3.67. The third-order valence-electron chi connectivity index (χ3n) is 3.05. The van der Waals surface area contributed by atoms with Gasteiger partial charge in [0.05, 0.1) is 0 Å². The summed E-state index contributed by atoms with van der Waals surface area (Å²) in [7, 11) is 0. The number of hydrogen-bond acceptors (Lipinski definition) is 1. The summed E-state index contributed by atoms with van der Waals surface area (Å²) in [6, 6.07) is 0. The monoisotopic (exact) mass is 147 g/mol. The van der Waals surface area contributed by atoms with Gasteiger partial charge in [0.15, 0.2) is 0 Å². The maximum Gasteiger partial charge on any atom is 0.258 e. The van der Waals surface area contributed by atoms with Crippen molar-refractivity contribution >= 4 is 0 Å². The largest absolute Gasteiger partial charge is 0.316 e. The fraction of sp³-hybridized carbons (Fsp3) is 1.00. The zero-order valence-electron chi connectivity index (χ0n) is 5.95. The predicted octanol–water partition coefficient (Wildman–Crippen LogP) is 1.25. The average molecular weight is 147 g/mol. The van der Waals surface area contributed by atoms with Crippen LogP contribution in [0.2, 0.25) is 0 Å². The summed E-state index contributed by atoms with van der Waals surface area (Å²) < 4.78 is 25.7. The highest BCUT2D eigenvalue weighted by atomic mass is 19.3. The van der Waals surface area contributed by atoms with Crippen molar-refractivity contribution in [2.24, 2.45) is 11.3 Å². The van der Waals surface area contributed by atoms with Crippen LogP contribution in [0.25, 0.3) is 0 Å². The van der Waals surface area contributed by atoms with Gasteiger partial charge in [-0.15, -0.1) is 0 Å². The second-order valence-corrected chi connectivity index (χ2v) is 3.55. The SMILES string of the molecule is C[C@@]12CCNC[C@@H]1C2(F)F. The van der Waals surface area contributed by atoms with Gasteiger partial charge in [0.1, 0.15) is 0 Å². The fourth-order valence-corrected chi connectivity index (χ4v) is 1.96. The molecule has 1 saturated heterocycles. The molecule has 10 heavy (non-hydrogen) atoms. The molecular weight excluding hydrogens is 136 g/mol. The van der Waals surface area contributed by atoms with Gasteiger partial charge in [-0.1, -0.05) is 6.92 Å².